The van der Waals surface area contributed by atoms with Gasteiger partial charge in [0.25, 0.3) is 0 Å². The van der Waals surface area contributed by atoms with E-state index in [1.54, 1.807) is 0 Å². The van der Waals surface area contributed by atoms with E-state index in [1.807, 2.05) is 6.07 Å². The number of hydrogen-bond acceptors (Lipinski definition) is 2. The van der Waals surface area contributed by atoms with Crippen LogP contribution in [0.2, 0.25) is 0 Å². The summed E-state index contributed by atoms with van der Waals surface area (Å²) in [4.78, 5) is 10.9. The summed E-state index contributed by atoms with van der Waals surface area (Å²) in [6.45, 7) is 1.50. The normalized spacial score (nSPS) is 22.5. The molecule has 1 fully saturated rings. The van der Waals surface area contributed by atoms with Gasteiger partial charge in [0.15, 0.2) is 0 Å². The van der Waals surface area contributed by atoms with E-state index in [1.165, 1.54) is 31.7 Å². The maximum atomic E-state index is 10.9. The molecule has 1 amide bonds. The Morgan fingerprint density at radius 2 is 2.06 bits per heavy atom. The Morgan fingerprint density at radius 3 is 2.78 bits per heavy atom. The lowest BCUT2D eigenvalue weighted by atomic mass is 9.91. The van der Waals surface area contributed by atoms with Gasteiger partial charge >= 0.3 is 0 Å². The van der Waals surface area contributed by atoms with E-state index in [4.69, 9.17) is 0 Å². The fourth-order valence-corrected chi connectivity index (χ4v) is 2.48. The lowest BCUT2D eigenvalue weighted by Crippen LogP contribution is -2.16. The summed E-state index contributed by atoms with van der Waals surface area (Å²) >= 11 is 0. The average Bonchev–Trinajstić information content (AvgIpc) is 2.63. The summed E-state index contributed by atoms with van der Waals surface area (Å²) in [6, 6.07) is 10.6. The Morgan fingerprint density at radius 1 is 1.28 bits per heavy atom. The zero-order chi connectivity index (χ0) is 12.8. The van der Waals surface area contributed by atoms with Gasteiger partial charge in [0, 0.05) is 12.6 Å². The topological polar surface area (TPSA) is 41.5 Å². The van der Waals surface area contributed by atoms with Gasteiger partial charge in [0.05, 0.1) is 0 Å². The van der Waals surface area contributed by atoms with Crippen molar-refractivity contribution in [2.75, 3.05) is 0 Å². The highest BCUT2D eigenvalue weighted by molar-refractivity contribution is 5.86. The second kappa shape index (κ2) is 6.34. The van der Waals surface area contributed by atoms with Crippen LogP contribution in [0.1, 0.15) is 50.5 Å². The van der Waals surface area contributed by atoms with Crippen LogP contribution >= 0.6 is 0 Å². The zero-order valence-electron chi connectivity index (χ0n) is 10.9. The smallest absolute Gasteiger partial charge is 0.236 e. The minimum atomic E-state index is -0.0944. The second-order valence-corrected chi connectivity index (χ2v) is 4.90. The molecule has 1 saturated carbocycles. The van der Waals surface area contributed by atoms with E-state index in [0.717, 1.165) is 18.6 Å². The molecule has 3 heteroatoms. The fraction of sp³-hybridized carbons (Fsp3) is 0.467. The predicted octanol–water partition coefficient (Wildman–Crippen LogP) is 3.23. The zero-order valence-corrected chi connectivity index (χ0v) is 10.9. The van der Waals surface area contributed by atoms with Crippen molar-refractivity contribution in [1.29, 1.82) is 0 Å². The van der Waals surface area contributed by atoms with Gasteiger partial charge in [-0.2, -0.15) is 5.10 Å². The SMILES string of the molecule is CC(=O)N/N=C1\CCCC[C@H](c2ccccc2)C1. The van der Waals surface area contributed by atoms with Crippen LogP contribution in [-0.4, -0.2) is 11.6 Å². The maximum absolute atomic E-state index is 10.9. The molecule has 0 heterocycles. The van der Waals surface area contributed by atoms with Crippen molar-refractivity contribution in [1.82, 2.24) is 5.43 Å². The van der Waals surface area contributed by atoms with Crippen molar-refractivity contribution in [3.63, 3.8) is 0 Å². The molecule has 2 rings (SSSR count). The summed E-state index contributed by atoms with van der Waals surface area (Å²) in [7, 11) is 0. The van der Waals surface area contributed by atoms with Crippen molar-refractivity contribution in [2.45, 2.75) is 44.9 Å². The minimum Gasteiger partial charge on any atom is -0.274 e. The molecule has 96 valence electrons. The molecule has 0 aliphatic heterocycles. The fourth-order valence-electron chi connectivity index (χ4n) is 2.48. The van der Waals surface area contributed by atoms with E-state index < -0.39 is 0 Å². The summed E-state index contributed by atoms with van der Waals surface area (Å²) in [5.74, 6) is 0.448. The Labute approximate surface area is 108 Å². The number of carbonyl (C=O) groups excluding carboxylic acids is 1. The third-order valence-electron chi connectivity index (χ3n) is 3.39. The van der Waals surface area contributed by atoms with Gasteiger partial charge in [-0.25, -0.2) is 5.43 Å². The van der Waals surface area contributed by atoms with Crippen LogP contribution < -0.4 is 5.43 Å². The highest BCUT2D eigenvalue weighted by Crippen LogP contribution is 2.30. The number of amides is 1. The molecule has 18 heavy (non-hydrogen) atoms. The van der Waals surface area contributed by atoms with Crippen LogP contribution in [0.5, 0.6) is 0 Å². The number of hydrazone groups is 1. The number of nitrogens with zero attached hydrogens (tertiary/aromatic N) is 1. The summed E-state index contributed by atoms with van der Waals surface area (Å²) in [6.07, 6.45) is 5.58. The van der Waals surface area contributed by atoms with E-state index in [2.05, 4.69) is 34.8 Å². The van der Waals surface area contributed by atoms with Gasteiger partial charge in [-0.05, 0) is 37.2 Å². The molecule has 3 nitrogen and oxygen atoms in total. The first-order chi connectivity index (χ1) is 8.75. The van der Waals surface area contributed by atoms with Crippen molar-refractivity contribution in [2.24, 2.45) is 5.10 Å². The van der Waals surface area contributed by atoms with Crippen molar-refractivity contribution >= 4 is 11.6 Å². The van der Waals surface area contributed by atoms with Crippen molar-refractivity contribution in [3.8, 4) is 0 Å². The highest BCUT2D eigenvalue weighted by Gasteiger charge is 2.18. The van der Waals surface area contributed by atoms with Crippen LogP contribution in [0.15, 0.2) is 35.4 Å². The Bertz CT molecular complexity index is 425. The highest BCUT2D eigenvalue weighted by atomic mass is 16.2. The van der Waals surface area contributed by atoms with E-state index in [0.29, 0.717) is 5.92 Å². The number of carbonyl (C=O) groups is 1. The Kier molecular flexibility index (Phi) is 4.51. The molecule has 1 atom stereocenters. The first-order valence-corrected chi connectivity index (χ1v) is 6.62. The van der Waals surface area contributed by atoms with E-state index >= 15 is 0 Å². The van der Waals surface area contributed by atoms with Crippen LogP contribution in [0.25, 0.3) is 0 Å². The van der Waals surface area contributed by atoms with Crippen LogP contribution in [0.3, 0.4) is 0 Å². The van der Waals surface area contributed by atoms with Gasteiger partial charge in [0.1, 0.15) is 0 Å². The van der Waals surface area contributed by atoms with E-state index in [9.17, 15) is 4.79 Å². The first kappa shape index (κ1) is 12.8. The standard InChI is InChI=1S/C15H20N2O/c1-12(18)16-17-15-10-6-5-9-14(11-15)13-7-3-2-4-8-13/h2-4,7-8,14H,5-6,9-11H2,1H3,(H,16,18)/b17-15+/t14-/m0/s1. The average molecular weight is 244 g/mol. The molecule has 1 aromatic rings. The second-order valence-electron chi connectivity index (χ2n) is 4.90. The molecule has 0 radical (unpaired) electrons. The molecule has 0 aromatic heterocycles. The molecule has 0 saturated heterocycles. The molecule has 1 aliphatic carbocycles. The minimum absolute atomic E-state index is 0.0944. The maximum Gasteiger partial charge on any atom is 0.236 e. The summed E-state index contributed by atoms with van der Waals surface area (Å²) < 4.78 is 0. The molecular formula is C15H20N2O. The van der Waals surface area contributed by atoms with Gasteiger partial charge in [-0.3, -0.25) is 4.79 Å². The van der Waals surface area contributed by atoms with Crippen LogP contribution in [0, 0.1) is 0 Å². The number of hydrogen-bond donors (Lipinski definition) is 1. The molecule has 1 N–H and O–H groups in total. The third kappa shape index (κ3) is 3.69. The third-order valence-corrected chi connectivity index (χ3v) is 3.39. The predicted molar refractivity (Wildman–Crippen MR) is 73.5 cm³/mol. The van der Waals surface area contributed by atoms with Gasteiger partial charge in [0.2, 0.25) is 5.91 Å². The monoisotopic (exact) mass is 244 g/mol. The van der Waals surface area contributed by atoms with Crippen molar-refractivity contribution < 1.29 is 4.79 Å². The number of benzene rings is 1. The molecule has 0 bridgehead atoms. The lowest BCUT2D eigenvalue weighted by Gasteiger charge is -2.14. The molecule has 1 aliphatic rings. The number of rotatable bonds is 2. The van der Waals surface area contributed by atoms with Gasteiger partial charge in [-0.15, -0.1) is 0 Å². The largest absolute Gasteiger partial charge is 0.274 e. The van der Waals surface area contributed by atoms with Crippen LogP contribution in [-0.2, 0) is 4.79 Å². The van der Waals surface area contributed by atoms with Crippen LogP contribution in [0.4, 0.5) is 0 Å². The summed E-state index contributed by atoms with van der Waals surface area (Å²) in [5, 5.41) is 4.24. The van der Waals surface area contributed by atoms with Gasteiger partial charge < -0.3 is 0 Å². The Balaban J connectivity index is 2.08. The van der Waals surface area contributed by atoms with Crippen molar-refractivity contribution in [3.05, 3.63) is 35.9 Å². The molecule has 0 spiro atoms. The van der Waals surface area contributed by atoms with Gasteiger partial charge in [-0.1, -0.05) is 36.8 Å². The quantitative estimate of drug-likeness (QED) is 0.630. The molecular weight excluding hydrogens is 224 g/mol. The summed E-state index contributed by atoms with van der Waals surface area (Å²) in [5.41, 5.74) is 5.07. The first-order valence-electron chi connectivity index (χ1n) is 6.62. The lowest BCUT2D eigenvalue weighted by molar-refractivity contribution is -0.118. The Hall–Kier alpha value is -1.64. The van der Waals surface area contributed by atoms with E-state index in [-0.39, 0.29) is 5.91 Å². The molecule has 0 unspecified atom stereocenters. The molecule has 1 aromatic carbocycles. The number of nitrogens with one attached hydrogen (secondary N) is 1.